The Balaban J connectivity index is 1.83. The molecule has 0 fully saturated rings. The summed E-state index contributed by atoms with van der Waals surface area (Å²) in [7, 11) is -3.80. The third-order valence-electron chi connectivity index (χ3n) is 4.59. The maximum Gasteiger partial charge on any atom is 0.261 e. The third kappa shape index (κ3) is 4.47. The normalized spacial score (nSPS) is 14.4. The zero-order valence-corrected chi connectivity index (χ0v) is 16.2. The van der Waals surface area contributed by atoms with E-state index in [4.69, 9.17) is 0 Å². The zero-order valence-electron chi connectivity index (χ0n) is 15.4. The van der Waals surface area contributed by atoms with Crippen LogP contribution < -0.4 is 9.62 Å². The van der Waals surface area contributed by atoms with Crippen molar-refractivity contribution in [2.45, 2.75) is 38.0 Å². The maximum absolute atomic E-state index is 13.0. The number of hydrogen-bond donors (Lipinski definition) is 1. The van der Waals surface area contributed by atoms with E-state index >= 15 is 0 Å². The minimum Gasteiger partial charge on any atom is -0.312 e. The first kappa shape index (κ1) is 19.4. The predicted octanol–water partition coefficient (Wildman–Crippen LogP) is 3.95. The number of benzene rings is 2. The molecule has 0 saturated heterocycles. The largest absolute Gasteiger partial charge is 0.312 e. The molecule has 0 spiro atoms. The first-order valence-electron chi connectivity index (χ1n) is 8.98. The molecule has 0 saturated carbocycles. The highest BCUT2D eigenvalue weighted by atomic mass is 32.2. The number of fused-ring (bicyclic) bond motifs is 1. The number of aryl methyl sites for hydroxylation is 1. The van der Waals surface area contributed by atoms with Gasteiger partial charge in [0.1, 0.15) is 5.82 Å². The Bertz CT molecular complexity index is 940. The topological polar surface area (TPSA) is 66.5 Å². The van der Waals surface area contributed by atoms with Crippen LogP contribution in [-0.2, 0) is 21.2 Å². The van der Waals surface area contributed by atoms with Gasteiger partial charge in [0, 0.05) is 24.3 Å². The second-order valence-electron chi connectivity index (χ2n) is 7.13. The van der Waals surface area contributed by atoms with Crippen LogP contribution in [0.2, 0.25) is 0 Å². The predicted molar refractivity (Wildman–Crippen MR) is 104 cm³/mol. The van der Waals surface area contributed by atoms with Crippen molar-refractivity contribution in [3.8, 4) is 0 Å². The summed E-state index contributed by atoms with van der Waals surface area (Å²) >= 11 is 0. The van der Waals surface area contributed by atoms with Gasteiger partial charge < -0.3 is 4.90 Å². The quantitative estimate of drug-likeness (QED) is 0.812. The lowest BCUT2D eigenvalue weighted by atomic mass is 9.99. The molecule has 1 aliphatic heterocycles. The summed E-state index contributed by atoms with van der Waals surface area (Å²) < 4.78 is 40.5. The molecule has 0 aromatic heterocycles. The fraction of sp³-hybridized carbons (Fsp3) is 0.350. The highest BCUT2D eigenvalue weighted by Crippen LogP contribution is 2.31. The van der Waals surface area contributed by atoms with Gasteiger partial charge in [0.05, 0.1) is 4.90 Å². The van der Waals surface area contributed by atoms with E-state index in [-0.39, 0.29) is 10.8 Å². The summed E-state index contributed by atoms with van der Waals surface area (Å²) in [6, 6.07) is 9.88. The van der Waals surface area contributed by atoms with E-state index in [0.717, 1.165) is 29.8 Å². The molecule has 2 aromatic rings. The molecule has 0 unspecified atom stereocenters. The highest BCUT2D eigenvalue weighted by molar-refractivity contribution is 7.92. The second kappa shape index (κ2) is 7.68. The molecular formula is C20H23FN2O3S. The van der Waals surface area contributed by atoms with E-state index in [1.165, 1.54) is 12.1 Å². The molecule has 0 bridgehead atoms. The number of carbonyl (C=O) groups excluding carboxylic acids is 1. The Morgan fingerprint density at radius 2 is 1.81 bits per heavy atom. The second-order valence-corrected chi connectivity index (χ2v) is 8.81. The molecule has 1 amide bonds. The lowest BCUT2D eigenvalue weighted by Gasteiger charge is -2.30. The van der Waals surface area contributed by atoms with Crippen molar-refractivity contribution in [3.63, 3.8) is 0 Å². The van der Waals surface area contributed by atoms with Gasteiger partial charge in [-0.3, -0.25) is 9.52 Å². The zero-order chi connectivity index (χ0) is 19.6. The molecule has 1 N–H and O–H groups in total. The van der Waals surface area contributed by atoms with Crippen LogP contribution in [0.1, 0.15) is 32.3 Å². The van der Waals surface area contributed by atoms with Gasteiger partial charge in [0.2, 0.25) is 5.91 Å². The first-order valence-corrected chi connectivity index (χ1v) is 10.5. The number of rotatable bonds is 6. The standard InChI is InChI=1S/C20H23FN2O3S/c1-14(2)11-12-23-19-9-6-17(13-15(19)3-10-20(23)24)22-27(25,26)18-7-4-16(21)5-8-18/h4-9,13-14,22H,3,10-12H2,1-2H3. The van der Waals surface area contributed by atoms with E-state index in [1.807, 2.05) is 0 Å². The van der Waals surface area contributed by atoms with Gasteiger partial charge in [0.15, 0.2) is 0 Å². The van der Waals surface area contributed by atoms with Crippen molar-refractivity contribution in [1.29, 1.82) is 0 Å². The van der Waals surface area contributed by atoms with Crippen molar-refractivity contribution in [2.24, 2.45) is 5.92 Å². The van der Waals surface area contributed by atoms with Crippen LogP contribution in [0.5, 0.6) is 0 Å². The van der Waals surface area contributed by atoms with Gasteiger partial charge in [-0.1, -0.05) is 13.8 Å². The fourth-order valence-electron chi connectivity index (χ4n) is 3.08. The summed E-state index contributed by atoms with van der Waals surface area (Å²) in [6.45, 7) is 4.88. The Labute approximate surface area is 159 Å². The monoisotopic (exact) mass is 390 g/mol. The van der Waals surface area contributed by atoms with Gasteiger partial charge in [-0.05, 0) is 66.8 Å². The molecule has 144 valence electrons. The van der Waals surface area contributed by atoms with Gasteiger partial charge in [-0.2, -0.15) is 0 Å². The average molecular weight is 390 g/mol. The van der Waals surface area contributed by atoms with Gasteiger partial charge >= 0.3 is 0 Å². The minimum absolute atomic E-state index is 0.00430. The Morgan fingerprint density at radius 1 is 1.11 bits per heavy atom. The Kier molecular flexibility index (Phi) is 5.51. The van der Waals surface area contributed by atoms with Gasteiger partial charge in [-0.15, -0.1) is 0 Å². The van der Waals surface area contributed by atoms with Crippen LogP contribution in [-0.4, -0.2) is 20.9 Å². The number of nitrogens with zero attached hydrogens (tertiary/aromatic N) is 1. The number of carbonyl (C=O) groups is 1. The summed E-state index contributed by atoms with van der Waals surface area (Å²) in [5, 5.41) is 0. The van der Waals surface area contributed by atoms with Crippen LogP contribution in [0, 0.1) is 11.7 Å². The minimum atomic E-state index is -3.80. The summed E-state index contributed by atoms with van der Waals surface area (Å²) in [5.74, 6) is 0.0987. The molecule has 1 heterocycles. The van der Waals surface area contributed by atoms with Gasteiger partial charge in [0.25, 0.3) is 10.0 Å². The molecule has 3 rings (SSSR count). The van der Waals surface area contributed by atoms with Crippen LogP contribution in [0.3, 0.4) is 0 Å². The van der Waals surface area contributed by atoms with Crippen LogP contribution >= 0.6 is 0 Å². The number of anilines is 2. The molecular weight excluding hydrogens is 367 g/mol. The smallest absolute Gasteiger partial charge is 0.261 e. The summed E-state index contributed by atoms with van der Waals surface area (Å²) in [5.41, 5.74) is 2.21. The molecule has 1 aliphatic rings. The molecule has 5 nitrogen and oxygen atoms in total. The van der Waals surface area contributed by atoms with Crippen molar-refractivity contribution >= 4 is 27.3 Å². The number of hydrogen-bond acceptors (Lipinski definition) is 3. The highest BCUT2D eigenvalue weighted by Gasteiger charge is 2.25. The molecule has 0 aliphatic carbocycles. The maximum atomic E-state index is 13.0. The SMILES string of the molecule is CC(C)CCN1C(=O)CCc2cc(NS(=O)(=O)c3ccc(F)cc3)ccc21. The number of halogens is 1. The van der Waals surface area contributed by atoms with Crippen LogP contribution in [0.15, 0.2) is 47.4 Å². The molecule has 0 atom stereocenters. The van der Waals surface area contributed by atoms with E-state index in [1.54, 1.807) is 23.1 Å². The first-order chi connectivity index (χ1) is 12.8. The van der Waals surface area contributed by atoms with Crippen molar-refractivity contribution in [2.75, 3.05) is 16.2 Å². The van der Waals surface area contributed by atoms with Gasteiger partial charge in [-0.25, -0.2) is 12.8 Å². The molecule has 2 aromatic carbocycles. The Hall–Kier alpha value is -2.41. The van der Waals surface area contributed by atoms with E-state index in [0.29, 0.717) is 31.0 Å². The lowest BCUT2D eigenvalue weighted by molar-refractivity contribution is -0.118. The molecule has 7 heteroatoms. The molecule has 0 radical (unpaired) electrons. The molecule has 27 heavy (non-hydrogen) atoms. The van der Waals surface area contributed by atoms with E-state index in [9.17, 15) is 17.6 Å². The van der Waals surface area contributed by atoms with Crippen LogP contribution in [0.4, 0.5) is 15.8 Å². The van der Waals surface area contributed by atoms with Crippen molar-refractivity contribution in [1.82, 2.24) is 0 Å². The Morgan fingerprint density at radius 3 is 2.48 bits per heavy atom. The summed E-state index contributed by atoms with van der Waals surface area (Å²) in [4.78, 5) is 14.1. The average Bonchev–Trinajstić information content (AvgIpc) is 2.61. The fourth-order valence-corrected chi connectivity index (χ4v) is 4.13. The van der Waals surface area contributed by atoms with Crippen molar-refractivity contribution in [3.05, 3.63) is 53.8 Å². The van der Waals surface area contributed by atoms with E-state index in [2.05, 4.69) is 18.6 Å². The third-order valence-corrected chi connectivity index (χ3v) is 5.98. The summed E-state index contributed by atoms with van der Waals surface area (Å²) in [6.07, 6.45) is 1.90. The number of amides is 1. The number of nitrogens with one attached hydrogen (secondary N) is 1. The number of sulfonamides is 1. The van der Waals surface area contributed by atoms with Crippen LogP contribution in [0.25, 0.3) is 0 Å². The van der Waals surface area contributed by atoms with Crippen molar-refractivity contribution < 1.29 is 17.6 Å². The van der Waals surface area contributed by atoms with E-state index < -0.39 is 15.8 Å². The lowest BCUT2D eigenvalue weighted by Crippen LogP contribution is -2.36.